The van der Waals surface area contributed by atoms with E-state index >= 15 is 0 Å². The van der Waals surface area contributed by atoms with Gasteiger partial charge in [-0.3, -0.25) is 4.90 Å². The minimum absolute atomic E-state index is 0.239. The van der Waals surface area contributed by atoms with Gasteiger partial charge in [0.2, 0.25) is 0 Å². The van der Waals surface area contributed by atoms with Crippen LogP contribution in [0.2, 0.25) is 0 Å². The highest BCUT2D eigenvalue weighted by atomic mass is 15.2. The lowest BCUT2D eigenvalue weighted by Gasteiger charge is -2.49. The first-order chi connectivity index (χ1) is 10.3. The highest BCUT2D eigenvalue weighted by Crippen LogP contribution is 2.34. The van der Waals surface area contributed by atoms with Crippen molar-refractivity contribution in [1.82, 2.24) is 4.90 Å². The fourth-order valence-electron chi connectivity index (χ4n) is 3.50. The maximum atomic E-state index is 2.75. The van der Waals surface area contributed by atoms with Crippen LogP contribution in [-0.4, -0.2) is 16.0 Å². The van der Waals surface area contributed by atoms with Crippen molar-refractivity contribution >= 4 is 0 Å². The quantitative estimate of drug-likeness (QED) is 0.481. The Kier molecular flexibility index (Phi) is 7.62. The Balaban J connectivity index is 2.98. The molecule has 0 amide bonds. The van der Waals surface area contributed by atoms with Gasteiger partial charge in [0.1, 0.15) is 0 Å². The van der Waals surface area contributed by atoms with E-state index < -0.39 is 0 Å². The van der Waals surface area contributed by atoms with Crippen LogP contribution in [0.25, 0.3) is 0 Å². The summed E-state index contributed by atoms with van der Waals surface area (Å²) in [5.41, 5.74) is 1.91. The van der Waals surface area contributed by atoms with Gasteiger partial charge in [-0.15, -0.1) is 0 Å². The first-order valence-electron chi connectivity index (χ1n) is 9.15. The Labute approximate surface area is 139 Å². The van der Waals surface area contributed by atoms with Gasteiger partial charge < -0.3 is 0 Å². The summed E-state index contributed by atoms with van der Waals surface area (Å²) in [5.74, 6) is 0. The molecule has 0 saturated carbocycles. The summed E-state index contributed by atoms with van der Waals surface area (Å²) < 4.78 is 0. The van der Waals surface area contributed by atoms with Crippen LogP contribution in [0.1, 0.15) is 85.6 Å². The van der Waals surface area contributed by atoms with Gasteiger partial charge in [0, 0.05) is 17.6 Å². The van der Waals surface area contributed by atoms with Crippen LogP contribution in [-0.2, 0) is 6.54 Å². The molecule has 0 spiro atoms. The molecule has 0 unspecified atom stereocenters. The van der Waals surface area contributed by atoms with Gasteiger partial charge in [0.15, 0.2) is 0 Å². The second kappa shape index (κ2) is 8.72. The molecule has 0 aromatic heterocycles. The smallest absolute Gasteiger partial charge is 0.0244 e. The number of nitrogens with zero attached hydrogens (tertiary/aromatic N) is 1. The topological polar surface area (TPSA) is 3.24 Å². The largest absolute Gasteiger partial charge is 0.289 e. The number of unbranched alkanes of at least 4 members (excludes halogenated alkanes) is 2. The summed E-state index contributed by atoms with van der Waals surface area (Å²) in [6, 6.07) is 11.0. The molecule has 0 saturated heterocycles. The third-order valence-electron chi connectivity index (χ3n) is 4.93. The summed E-state index contributed by atoms with van der Waals surface area (Å²) in [6.07, 6.45) is 7.71. The van der Waals surface area contributed by atoms with Crippen molar-refractivity contribution in [3.05, 3.63) is 35.9 Å². The third-order valence-corrected chi connectivity index (χ3v) is 4.93. The lowest BCUT2D eigenvalue weighted by Crippen LogP contribution is -2.55. The van der Waals surface area contributed by atoms with Gasteiger partial charge in [-0.05, 0) is 46.1 Å². The van der Waals surface area contributed by atoms with Gasteiger partial charge >= 0.3 is 0 Å². The standard InChI is InChI=1S/C21H37N/c1-7-9-16-20(3,4)22(21(5,6)17-10-8-2)18-19-14-12-11-13-15-19/h11-15H,7-10,16-18H2,1-6H3. The van der Waals surface area contributed by atoms with E-state index in [1.807, 2.05) is 0 Å². The van der Waals surface area contributed by atoms with Crippen LogP contribution in [0.3, 0.4) is 0 Å². The van der Waals surface area contributed by atoms with Crippen LogP contribution in [0.15, 0.2) is 30.3 Å². The van der Waals surface area contributed by atoms with Gasteiger partial charge in [-0.2, -0.15) is 0 Å². The minimum Gasteiger partial charge on any atom is -0.289 e. The van der Waals surface area contributed by atoms with Crippen molar-refractivity contribution in [3.8, 4) is 0 Å². The zero-order chi connectivity index (χ0) is 16.6. The van der Waals surface area contributed by atoms with Crippen LogP contribution in [0.5, 0.6) is 0 Å². The maximum absolute atomic E-state index is 2.75. The van der Waals surface area contributed by atoms with E-state index in [-0.39, 0.29) is 11.1 Å². The van der Waals surface area contributed by atoms with Crippen molar-refractivity contribution in [3.63, 3.8) is 0 Å². The predicted octanol–water partition coefficient (Wildman–Crippen LogP) is 6.43. The summed E-state index contributed by atoms with van der Waals surface area (Å²) in [7, 11) is 0. The number of benzene rings is 1. The lowest BCUT2D eigenvalue weighted by atomic mass is 9.85. The summed E-state index contributed by atoms with van der Waals surface area (Å²) in [6.45, 7) is 15.4. The predicted molar refractivity (Wildman–Crippen MR) is 99.2 cm³/mol. The second-order valence-corrected chi connectivity index (χ2v) is 7.90. The normalized spacial score (nSPS) is 12.9. The number of hydrogen-bond donors (Lipinski definition) is 0. The molecule has 0 aliphatic heterocycles. The Morgan fingerprint density at radius 1 is 0.773 bits per heavy atom. The van der Waals surface area contributed by atoms with E-state index in [0.717, 1.165) is 6.54 Å². The average molecular weight is 304 g/mol. The van der Waals surface area contributed by atoms with Crippen LogP contribution in [0.4, 0.5) is 0 Å². The molecule has 0 N–H and O–H groups in total. The molecule has 1 rings (SSSR count). The van der Waals surface area contributed by atoms with Crippen LogP contribution in [0, 0.1) is 0 Å². The molecular weight excluding hydrogens is 266 g/mol. The number of rotatable bonds is 10. The lowest BCUT2D eigenvalue weighted by molar-refractivity contribution is -0.00462. The highest BCUT2D eigenvalue weighted by Gasteiger charge is 2.36. The maximum Gasteiger partial charge on any atom is 0.0244 e. The van der Waals surface area contributed by atoms with Gasteiger partial charge in [-0.1, -0.05) is 69.9 Å². The molecule has 0 fully saturated rings. The number of hydrogen-bond acceptors (Lipinski definition) is 1. The SMILES string of the molecule is CCCCC(C)(C)N(Cc1ccccc1)C(C)(C)CCCC. The van der Waals surface area contributed by atoms with Crippen molar-refractivity contribution < 1.29 is 0 Å². The summed E-state index contributed by atoms with van der Waals surface area (Å²) >= 11 is 0. The summed E-state index contributed by atoms with van der Waals surface area (Å²) in [5, 5.41) is 0. The first-order valence-corrected chi connectivity index (χ1v) is 9.15. The van der Waals surface area contributed by atoms with Crippen molar-refractivity contribution in [2.24, 2.45) is 0 Å². The van der Waals surface area contributed by atoms with Gasteiger partial charge in [0.05, 0.1) is 0 Å². The highest BCUT2D eigenvalue weighted by molar-refractivity contribution is 5.15. The molecule has 1 aromatic carbocycles. The molecule has 0 heterocycles. The van der Waals surface area contributed by atoms with Crippen LogP contribution >= 0.6 is 0 Å². The molecule has 0 radical (unpaired) electrons. The van der Waals surface area contributed by atoms with Crippen molar-refractivity contribution in [1.29, 1.82) is 0 Å². The molecule has 22 heavy (non-hydrogen) atoms. The van der Waals surface area contributed by atoms with Gasteiger partial charge in [-0.25, -0.2) is 0 Å². The third kappa shape index (κ3) is 5.76. The zero-order valence-corrected chi connectivity index (χ0v) is 15.8. The van der Waals surface area contributed by atoms with E-state index in [0.29, 0.717) is 0 Å². The molecule has 0 atom stereocenters. The monoisotopic (exact) mass is 303 g/mol. The minimum atomic E-state index is 0.239. The molecule has 1 aromatic rings. The van der Waals surface area contributed by atoms with Crippen LogP contribution < -0.4 is 0 Å². The fourth-order valence-corrected chi connectivity index (χ4v) is 3.50. The van der Waals surface area contributed by atoms with E-state index in [1.165, 1.54) is 44.1 Å². The van der Waals surface area contributed by atoms with E-state index in [1.54, 1.807) is 0 Å². The molecule has 0 bridgehead atoms. The van der Waals surface area contributed by atoms with Crippen molar-refractivity contribution in [2.45, 2.75) is 97.7 Å². The van der Waals surface area contributed by atoms with Gasteiger partial charge in [0.25, 0.3) is 0 Å². The first kappa shape index (κ1) is 19.2. The van der Waals surface area contributed by atoms with E-state index in [9.17, 15) is 0 Å². The molecule has 1 nitrogen and oxygen atoms in total. The van der Waals surface area contributed by atoms with Crippen molar-refractivity contribution in [2.75, 3.05) is 0 Å². The fraction of sp³-hybridized carbons (Fsp3) is 0.714. The Hall–Kier alpha value is -0.820. The second-order valence-electron chi connectivity index (χ2n) is 7.90. The van der Waals surface area contributed by atoms with E-state index in [2.05, 4.69) is 76.8 Å². The molecule has 0 aliphatic carbocycles. The molecule has 126 valence electrons. The summed E-state index contributed by atoms with van der Waals surface area (Å²) in [4.78, 5) is 2.75. The molecule has 1 heteroatoms. The zero-order valence-electron chi connectivity index (χ0n) is 15.8. The Bertz CT molecular complexity index is 385. The average Bonchev–Trinajstić information content (AvgIpc) is 2.49. The van der Waals surface area contributed by atoms with E-state index in [4.69, 9.17) is 0 Å². The Morgan fingerprint density at radius 2 is 1.23 bits per heavy atom. The molecule has 0 aliphatic rings. The molecular formula is C21H37N. The Morgan fingerprint density at radius 3 is 1.64 bits per heavy atom.